The van der Waals surface area contributed by atoms with Crippen molar-refractivity contribution in [2.75, 3.05) is 19.6 Å². The van der Waals surface area contributed by atoms with Crippen molar-refractivity contribution in [3.8, 4) is 5.75 Å². The molecule has 0 amide bonds. The molecule has 1 unspecified atom stereocenters. The molecule has 0 aliphatic rings. The zero-order valence-electron chi connectivity index (χ0n) is 13.0. The summed E-state index contributed by atoms with van der Waals surface area (Å²) in [5.74, 6) is 0.957. The predicted molar refractivity (Wildman–Crippen MR) is 89.8 cm³/mol. The van der Waals surface area contributed by atoms with Crippen molar-refractivity contribution < 1.29 is 14.3 Å². The van der Waals surface area contributed by atoms with Crippen LogP contribution in [0.3, 0.4) is 0 Å². The summed E-state index contributed by atoms with van der Waals surface area (Å²) < 4.78 is 10.5. The van der Waals surface area contributed by atoms with Crippen molar-refractivity contribution in [2.45, 2.75) is 25.7 Å². The summed E-state index contributed by atoms with van der Waals surface area (Å²) >= 11 is 5.60. The van der Waals surface area contributed by atoms with Crippen LogP contribution in [-0.4, -0.2) is 25.6 Å². The second-order valence-electron chi connectivity index (χ2n) is 5.26. The van der Waals surface area contributed by atoms with Crippen LogP contribution in [0.15, 0.2) is 36.4 Å². The molecule has 0 radical (unpaired) electrons. The number of hydrogen-bond acceptors (Lipinski definition) is 3. The van der Waals surface area contributed by atoms with Crippen LogP contribution in [0.4, 0.5) is 0 Å². The molecule has 2 aromatic carbocycles. The Morgan fingerprint density at radius 2 is 1.86 bits per heavy atom. The van der Waals surface area contributed by atoms with Gasteiger partial charge in [0.25, 0.3) is 0 Å². The summed E-state index contributed by atoms with van der Waals surface area (Å²) in [5.41, 5.74) is 0.958. The number of benzene rings is 2. The predicted octanol–water partition coefficient (Wildman–Crippen LogP) is 4.51. The number of ether oxygens (including phenoxy) is 2. The van der Waals surface area contributed by atoms with Crippen LogP contribution in [0.1, 0.15) is 31.2 Å². The molecule has 0 aromatic heterocycles. The normalized spacial score (nSPS) is 12.1. The van der Waals surface area contributed by atoms with Gasteiger partial charge >= 0.3 is 5.97 Å². The van der Waals surface area contributed by atoms with Crippen LogP contribution in [-0.2, 0) is 9.53 Å². The molecule has 0 aliphatic carbocycles. The van der Waals surface area contributed by atoms with Gasteiger partial charge in [-0.2, -0.15) is 0 Å². The third kappa shape index (κ3) is 4.14. The topological polar surface area (TPSA) is 35.5 Å². The molecule has 2 aromatic rings. The highest BCUT2D eigenvalue weighted by Gasteiger charge is 2.17. The van der Waals surface area contributed by atoms with Crippen molar-refractivity contribution in [3.63, 3.8) is 0 Å². The number of hydrogen-bond donors (Lipinski definition) is 0. The first kappa shape index (κ1) is 16.6. The number of halogens is 1. The van der Waals surface area contributed by atoms with Crippen LogP contribution < -0.4 is 4.74 Å². The van der Waals surface area contributed by atoms with E-state index < -0.39 is 0 Å². The van der Waals surface area contributed by atoms with E-state index in [9.17, 15) is 4.79 Å². The molecular formula is C18H21ClO3. The minimum absolute atomic E-state index is 0.192. The average Bonchev–Trinajstić information content (AvgIpc) is 2.56. The molecule has 0 saturated carbocycles. The molecule has 118 valence electrons. The first-order valence-electron chi connectivity index (χ1n) is 7.46. The van der Waals surface area contributed by atoms with Crippen molar-refractivity contribution in [1.29, 1.82) is 0 Å². The molecule has 0 fully saturated rings. The molecule has 0 heterocycles. The number of unbranched alkanes of at least 4 members (excludes halogenated alkanes) is 1. The van der Waals surface area contributed by atoms with E-state index in [2.05, 4.69) is 0 Å². The summed E-state index contributed by atoms with van der Waals surface area (Å²) in [4.78, 5) is 12.1. The Bertz CT molecular complexity index is 639. The van der Waals surface area contributed by atoms with E-state index in [1.807, 2.05) is 43.3 Å². The monoisotopic (exact) mass is 320 g/mol. The maximum absolute atomic E-state index is 12.1. The quantitative estimate of drug-likeness (QED) is 0.427. The largest absolute Gasteiger partial charge is 0.497 e. The molecule has 1 atom stereocenters. The minimum Gasteiger partial charge on any atom is -0.497 e. The van der Waals surface area contributed by atoms with E-state index in [4.69, 9.17) is 21.1 Å². The molecular weight excluding hydrogens is 300 g/mol. The second-order valence-corrected chi connectivity index (χ2v) is 5.64. The number of esters is 1. The minimum atomic E-state index is -0.275. The van der Waals surface area contributed by atoms with Crippen molar-refractivity contribution in [2.24, 2.45) is 0 Å². The summed E-state index contributed by atoms with van der Waals surface area (Å²) in [6.07, 6.45) is 1.67. The van der Waals surface area contributed by atoms with E-state index in [1.54, 1.807) is 7.11 Å². The molecule has 22 heavy (non-hydrogen) atoms. The van der Waals surface area contributed by atoms with Gasteiger partial charge < -0.3 is 9.47 Å². The van der Waals surface area contributed by atoms with Gasteiger partial charge in [0.2, 0.25) is 0 Å². The van der Waals surface area contributed by atoms with E-state index in [-0.39, 0.29) is 11.9 Å². The number of alkyl halides is 1. The highest BCUT2D eigenvalue weighted by Crippen LogP contribution is 2.25. The van der Waals surface area contributed by atoms with E-state index in [0.717, 1.165) is 34.9 Å². The van der Waals surface area contributed by atoms with Crippen LogP contribution in [0.2, 0.25) is 0 Å². The number of carbonyl (C=O) groups is 1. The van der Waals surface area contributed by atoms with Crippen LogP contribution in [0, 0.1) is 0 Å². The number of methoxy groups -OCH3 is 1. The van der Waals surface area contributed by atoms with E-state index in [0.29, 0.717) is 12.5 Å². The molecule has 3 nitrogen and oxygen atoms in total. The molecule has 0 saturated heterocycles. The van der Waals surface area contributed by atoms with Crippen LogP contribution in [0.25, 0.3) is 10.8 Å². The maximum atomic E-state index is 12.1. The molecule has 0 N–H and O–H groups in total. The second kappa shape index (κ2) is 8.04. The summed E-state index contributed by atoms with van der Waals surface area (Å²) in [6.45, 7) is 2.30. The van der Waals surface area contributed by atoms with Crippen molar-refractivity contribution >= 4 is 28.3 Å². The Morgan fingerprint density at radius 3 is 2.59 bits per heavy atom. The number of carbonyl (C=O) groups excluding carboxylic acids is 1. The first-order valence-corrected chi connectivity index (χ1v) is 7.99. The SMILES string of the molecule is COc1ccc2cc(C(C)C(=O)OCCCCCl)ccc2c1. The summed E-state index contributed by atoms with van der Waals surface area (Å²) in [5, 5.41) is 2.17. The molecule has 0 aliphatic heterocycles. The van der Waals surface area contributed by atoms with Crippen molar-refractivity contribution in [3.05, 3.63) is 42.0 Å². The highest BCUT2D eigenvalue weighted by atomic mass is 35.5. The standard InChI is InChI=1S/C18H21ClO3/c1-13(18(20)22-10-4-3-9-19)14-5-6-16-12-17(21-2)8-7-15(16)11-14/h5-8,11-13H,3-4,9-10H2,1-2H3. The van der Waals surface area contributed by atoms with Gasteiger partial charge in [-0.1, -0.05) is 24.3 Å². The third-order valence-electron chi connectivity index (χ3n) is 3.70. The summed E-state index contributed by atoms with van der Waals surface area (Å²) in [6, 6.07) is 11.9. The van der Waals surface area contributed by atoms with Crippen molar-refractivity contribution in [1.82, 2.24) is 0 Å². The van der Waals surface area contributed by atoms with Crippen LogP contribution >= 0.6 is 11.6 Å². The number of fused-ring (bicyclic) bond motifs is 1. The lowest BCUT2D eigenvalue weighted by molar-refractivity contribution is -0.145. The van der Waals surface area contributed by atoms with Gasteiger partial charge in [0, 0.05) is 5.88 Å². The Labute approximate surface area is 136 Å². The maximum Gasteiger partial charge on any atom is 0.313 e. The zero-order valence-corrected chi connectivity index (χ0v) is 13.7. The van der Waals surface area contributed by atoms with Gasteiger partial charge in [-0.25, -0.2) is 0 Å². The Kier molecular flexibility index (Phi) is 6.08. The fraction of sp³-hybridized carbons (Fsp3) is 0.389. The van der Waals surface area contributed by atoms with Gasteiger partial charge in [-0.05, 0) is 48.2 Å². The Morgan fingerprint density at radius 1 is 1.14 bits per heavy atom. The van der Waals surface area contributed by atoms with Gasteiger partial charge in [0.15, 0.2) is 0 Å². The fourth-order valence-corrected chi connectivity index (χ4v) is 2.46. The molecule has 0 bridgehead atoms. The molecule has 2 rings (SSSR count). The van der Waals surface area contributed by atoms with Gasteiger partial charge in [-0.3, -0.25) is 4.79 Å². The van der Waals surface area contributed by atoms with E-state index in [1.165, 1.54) is 0 Å². The van der Waals surface area contributed by atoms with E-state index >= 15 is 0 Å². The van der Waals surface area contributed by atoms with Gasteiger partial charge in [0.05, 0.1) is 19.6 Å². The first-order chi connectivity index (χ1) is 10.7. The van der Waals surface area contributed by atoms with Crippen LogP contribution in [0.5, 0.6) is 5.75 Å². The fourth-order valence-electron chi connectivity index (χ4n) is 2.27. The van der Waals surface area contributed by atoms with Gasteiger partial charge in [-0.15, -0.1) is 11.6 Å². The average molecular weight is 321 g/mol. The Balaban J connectivity index is 2.07. The molecule has 0 spiro atoms. The smallest absolute Gasteiger partial charge is 0.313 e. The lowest BCUT2D eigenvalue weighted by Gasteiger charge is -2.13. The zero-order chi connectivity index (χ0) is 15.9. The third-order valence-corrected chi connectivity index (χ3v) is 3.96. The molecule has 4 heteroatoms. The Hall–Kier alpha value is -1.74. The summed E-state index contributed by atoms with van der Waals surface area (Å²) in [7, 11) is 1.65. The lowest BCUT2D eigenvalue weighted by Crippen LogP contribution is -2.14. The van der Waals surface area contributed by atoms with Gasteiger partial charge in [0.1, 0.15) is 5.75 Å². The lowest BCUT2D eigenvalue weighted by atomic mass is 9.98. The number of rotatable bonds is 7. The highest BCUT2D eigenvalue weighted by molar-refractivity contribution is 6.17.